The van der Waals surface area contributed by atoms with Gasteiger partial charge in [0.05, 0.1) is 19.8 Å². The number of aliphatic hydroxyl groups excluding tert-OH is 1. The SMILES string of the molecule is CCCCCCCC/C=C\CCCCCCCCOCC(OCCN(CC)CCO)C(OCCCCCCCC/C=C\CCCCCCCC)C(N)=O. The number of ether oxygens (including phenoxy) is 3. The topological polar surface area (TPSA) is 94.2 Å². The van der Waals surface area contributed by atoms with E-state index in [1.54, 1.807) is 0 Å². The lowest BCUT2D eigenvalue weighted by molar-refractivity contribution is -0.148. The van der Waals surface area contributed by atoms with Crippen molar-refractivity contribution in [3.05, 3.63) is 24.3 Å². The van der Waals surface area contributed by atoms with Gasteiger partial charge in [-0.3, -0.25) is 9.69 Å². The number of likely N-dealkylation sites (N-methyl/N-ethyl adjacent to an activating group) is 1. The summed E-state index contributed by atoms with van der Waals surface area (Å²) in [5.74, 6) is -0.497. The smallest absolute Gasteiger partial charge is 0.249 e. The molecule has 0 saturated carbocycles. The predicted molar refractivity (Wildman–Crippen MR) is 228 cm³/mol. The number of aliphatic hydroxyl groups is 1. The molecule has 0 aromatic rings. The number of primary amides is 1. The fraction of sp³-hybridized carbons (Fsp3) is 0.891. The minimum absolute atomic E-state index is 0.111. The molecule has 53 heavy (non-hydrogen) atoms. The van der Waals surface area contributed by atoms with E-state index in [0.717, 1.165) is 32.2 Å². The van der Waals surface area contributed by atoms with Gasteiger partial charge in [0.25, 0.3) is 0 Å². The standard InChI is InChI=1S/C46H90N2O5/c1-4-7-9-11-13-15-17-19-21-23-25-27-29-31-33-35-40-51-43-44(52-42-38-48(6-3)37-39-49)45(46(47)50)53-41-36-34-32-30-28-26-24-22-20-18-16-14-12-10-8-5-2/h19-22,44-45,49H,4-18,23-43H2,1-3H3,(H2,47,50)/b21-19-,22-20-. The Kier molecular flexibility index (Phi) is 42.5. The number of rotatable bonds is 44. The average molecular weight is 751 g/mol. The van der Waals surface area contributed by atoms with Crippen molar-refractivity contribution in [2.24, 2.45) is 5.73 Å². The molecule has 0 fully saturated rings. The van der Waals surface area contributed by atoms with Crippen LogP contribution in [-0.4, -0.2) is 80.8 Å². The molecule has 0 heterocycles. The van der Waals surface area contributed by atoms with Crippen LogP contribution in [0.25, 0.3) is 0 Å². The van der Waals surface area contributed by atoms with Gasteiger partial charge in [-0.15, -0.1) is 0 Å². The highest BCUT2D eigenvalue weighted by atomic mass is 16.6. The number of carbonyl (C=O) groups excluding carboxylic acids is 1. The summed E-state index contributed by atoms with van der Waals surface area (Å²) in [5.41, 5.74) is 5.83. The molecule has 2 atom stereocenters. The second-order valence-corrected chi connectivity index (χ2v) is 15.2. The Morgan fingerprint density at radius 1 is 0.547 bits per heavy atom. The van der Waals surface area contributed by atoms with Gasteiger partial charge < -0.3 is 25.1 Å². The first-order chi connectivity index (χ1) is 26.1. The van der Waals surface area contributed by atoms with Crippen molar-refractivity contribution in [3.8, 4) is 0 Å². The van der Waals surface area contributed by atoms with E-state index in [1.807, 2.05) is 0 Å². The van der Waals surface area contributed by atoms with Gasteiger partial charge in [-0.05, 0) is 70.8 Å². The van der Waals surface area contributed by atoms with E-state index in [-0.39, 0.29) is 13.2 Å². The normalized spacial score (nSPS) is 13.2. The van der Waals surface area contributed by atoms with Crippen LogP contribution in [0, 0.1) is 0 Å². The van der Waals surface area contributed by atoms with Gasteiger partial charge >= 0.3 is 0 Å². The van der Waals surface area contributed by atoms with Gasteiger partial charge in [0.2, 0.25) is 5.91 Å². The highest BCUT2D eigenvalue weighted by Gasteiger charge is 2.29. The van der Waals surface area contributed by atoms with Crippen LogP contribution in [0.4, 0.5) is 0 Å². The highest BCUT2D eigenvalue weighted by molar-refractivity contribution is 5.79. The van der Waals surface area contributed by atoms with Crippen molar-refractivity contribution < 1.29 is 24.1 Å². The second-order valence-electron chi connectivity index (χ2n) is 15.2. The zero-order valence-electron chi connectivity index (χ0n) is 35.5. The number of hydrogen-bond acceptors (Lipinski definition) is 6. The lowest BCUT2D eigenvalue weighted by Gasteiger charge is -2.27. The van der Waals surface area contributed by atoms with Gasteiger partial charge in [0.15, 0.2) is 6.10 Å². The molecule has 0 bridgehead atoms. The van der Waals surface area contributed by atoms with E-state index in [0.29, 0.717) is 32.9 Å². The van der Waals surface area contributed by atoms with Crippen molar-refractivity contribution in [1.82, 2.24) is 4.90 Å². The number of allylic oxidation sites excluding steroid dienone is 4. The van der Waals surface area contributed by atoms with Gasteiger partial charge in [-0.2, -0.15) is 0 Å². The summed E-state index contributed by atoms with van der Waals surface area (Å²) in [5, 5.41) is 9.34. The van der Waals surface area contributed by atoms with Crippen LogP contribution in [0.2, 0.25) is 0 Å². The molecule has 1 amide bonds. The molecule has 3 N–H and O–H groups in total. The Bertz CT molecular complexity index is 792. The van der Waals surface area contributed by atoms with E-state index in [2.05, 4.69) is 50.0 Å². The molecule has 7 nitrogen and oxygen atoms in total. The fourth-order valence-corrected chi connectivity index (χ4v) is 6.71. The molecule has 0 aromatic carbocycles. The molecule has 0 aliphatic rings. The van der Waals surface area contributed by atoms with Crippen LogP contribution in [0.5, 0.6) is 0 Å². The Morgan fingerprint density at radius 2 is 0.962 bits per heavy atom. The van der Waals surface area contributed by atoms with Gasteiger partial charge in [0, 0.05) is 26.3 Å². The van der Waals surface area contributed by atoms with E-state index in [1.165, 1.54) is 154 Å². The predicted octanol–water partition coefficient (Wildman–Crippen LogP) is 11.6. The molecule has 7 heteroatoms. The number of unbranched alkanes of at least 4 members (excludes halogenated alkanes) is 24. The summed E-state index contributed by atoms with van der Waals surface area (Å²) >= 11 is 0. The van der Waals surface area contributed by atoms with Gasteiger partial charge in [-0.1, -0.05) is 161 Å². The zero-order valence-corrected chi connectivity index (χ0v) is 35.5. The number of nitrogens with two attached hydrogens (primary N) is 1. The Hall–Kier alpha value is -1.25. The maximum absolute atomic E-state index is 12.5. The third-order valence-electron chi connectivity index (χ3n) is 10.3. The lowest BCUT2D eigenvalue weighted by Crippen LogP contribution is -2.46. The highest BCUT2D eigenvalue weighted by Crippen LogP contribution is 2.14. The van der Waals surface area contributed by atoms with Crippen LogP contribution >= 0.6 is 0 Å². The zero-order chi connectivity index (χ0) is 38.7. The lowest BCUT2D eigenvalue weighted by atomic mass is 10.1. The Balaban J connectivity index is 4.25. The largest absolute Gasteiger partial charge is 0.395 e. The van der Waals surface area contributed by atoms with Crippen LogP contribution in [0.3, 0.4) is 0 Å². The summed E-state index contributed by atoms with van der Waals surface area (Å²) in [7, 11) is 0. The maximum atomic E-state index is 12.5. The first-order valence-corrected chi connectivity index (χ1v) is 22.8. The van der Waals surface area contributed by atoms with E-state index < -0.39 is 18.1 Å². The molecule has 314 valence electrons. The molecule has 0 rings (SSSR count). The Morgan fingerprint density at radius 3 is 1.38 bits per heavy atom. The quantitative estimate of drug-likeness (QED) is 0.0476. The molecule has 2 unspecified atom stereocenters. The van der Waals surface area contributed by atoms with E-state index in [4.69, 9.17) is 19.9 Å². The van der Waals surface area contributed by atoms with Crippen molar-refractivity contribution in [1.29, 1.82) is 0 Å². The number of amides is 1. The van der Waals surface area contributed by atoms with Crippen LogP contribution in [0.15, 0.2) is 24.3 Å². The second kappa shape index (κ2) is 43.5. The molecule has 0 spiro atoms. The third kappa shape index (κ3) is 37.5. The minimum Gasteiger partial charge on any atom is -0.395 e. The van der Waals surface area contributed by atoms with Crippen LogP contribution < -0.4 is 5.73 Å². The summed E-state index contributed by atoms with van der Waals surface area (Å²) in [6.07, 6.45) is 43.6. The molecule has 0 aliphatic heterocycles. The first-order valence-electron chi connectivity index (χ1n) is 22.8. The monoisotopic (exact) mass is 751 g/mol. The Labute approximate surface area is 329 Å². The summed E-state index contributed by atoms with van der Waals surface area (Å²) < 4.78 is 18.3. The maximum Gasteiger partial charge on any atom is 0.249 e. The molecule has 0 aromatic heterocycles. The molecular weight excluding hydrogens is 661 g/mol. The van der Waals surface area contributed by atoms with Gasteiger partial charge in [0.1, 0.15) is 6.10 Å². The van der Waals surface area contributed by atoms with E-state index in [9.17, 15) is 9.90 Å². The summed E-state index contributed by atoms with van der Waals surface area (Å²) in [6.45, 7) is 10.7. The number of carbonyl (C=O) groups is 1. The minimum atomic E-state index is -0.828. The number of nitrogens with zero attached hydrogens (tertiary/aromatic N) is 1. The molecule has 0 saturated heterocycles. The van der Waals surface area contributed by atoms with Crippen molar-refractivity contribution in [2.45, 2.75) is 213 Å². The third-order valence-corrected chi connectivity index (χ3v) is 10.3. The number of hydrogen-bond donors (Lipinski definition) is 2. The van der Waals surface area contributed by atoms with Crippen LogP contribution in [0.1, 0.15) is 201 Å². The molecule has 0 aliphatic carbocycles. The fourth-order valence-electron chi connectivity index (χ4n) is 6.71. The summed E-state index contributed by atoms with van der Waals surface area (Å²) in [6, 6.07) is 0. The molecule has 0 radical (unpaired) electrons. The summed E-state index contributed by atoms with van der Waals surface area (Å²) in [4.78, 5) is 14.6. The first kappa shape index (κ1) is 51.8. The van der Waals surface area contributed by atoms with Crippen molar-refractivity contribution >= 4 is 5.91 Å². The van der Waals surface area contributed by atoms with Gasteiger partial charge in [-0.25, -0.2) is 0 Å². The van der Waals surface area contributed by atoms with Crippen molar-refractivity contribution in [2.75, 3.05) is 52.7 Å². The van der Waals surface area contributed by atoms with E-state index >= 15 is 0 Å². The molecular formula is C46H90N2O5. The van der Waals surface area contributed by atoms with Crippen molar-refractivity contribution in [3.63, 3.8) is 0 Å². The average Bonchev–Trinajstić information content (AvgIpc) is 3.16. The van der Waals surface area contributed by atoms with Crippen LogP contribution in [-0.2, 0) is 19.0 Å².